The fraction of sp³-hybridized carbons (Fsp3) is 0.174. The van der Waals surface area contributed by atoms with Crippen LogP contribution in [0.4, 0.5) is 5.69 Å². The molecule has 0 aromatic heterocycles. The van der Waals surface area contributed by atoms with Crippen molar-refractivity contribution in [1.82, 2.24) is 4.90 Å². The molecule has 0 saturated heterocycles. The molecule has 0 saturated carbocycles. The van der Waals surface area contributed by atoms with E-state index in [2.05, 4.69) is 17.0 Å². The molecular weight excluding hydrogens is 338 g/mol. The Hall–Kier alpha value is -2.82. The third kappa shape index (κ3) is 6.13. The SMILES string of the molecule is COc1ccc([C]([O-])c2ccc(OC)cc2)cc1.C[N+](C)c1ccccc1. The van der Waals surface area contributed by atoms with Gasteiger partial charge in [-0.1, -0.05) is 59.7 Å². The third-order valence-electron chi connectivity index (χ3n) is 3.98. The lowest BCUT2D eigenvalue weighted by Crippen LogP contribution is -2.17. The molecule has 0 atom stereocenters. The Balaban J connectivity index is 0.000000244. The summed E-state index contributed by atoms with van der Waals surface area (Å²) in [5, 5.41) is 12.2. The second-order valence-corrected chi connectivity index (χ2v) is 6.02. The van der Waals surface area contributed by atoms with Crippen LogP contribution in [0, 0.1) is 6.10 Å². The lowest BCUT2D eigenvalue weighted by molar-refractivity contribution is -0.333. The molecule has 0 aliphatic rings. The maximum atomic E-state index is 12.2. The van der Waals surface area contributed by atoms with Crippen LogP contribution >= 0.6 is 0 Å². The van der Waals surface area contributed by atoms with Crippen LogP contribution < -0.4 is 19.5 Å². The topological polar surface area (TPSA) is 47.4 Å². The normalized spacial score (nSPS) is 10.3. The van der Waals surface area contributed by atoms with Crippen molar-refractivity contribution in [2.24, 2.45) is 0 Å². The van der Waals surface area contributed by atoms with E-state index in [9.17, 15) is 5.11 Å². The molecule has 4 nitrogen and oxygen atoms in total. The fourth-order valence-corrected chi connectivity index (χ4v) is 2.38. The quantitative estimate of drug-likeness (QED) is 0.649. The van der Waals surface area contributed by atoms with E-state index in [-0.39, 0.29) is 6.10 Å². The molecule has 0 spiro atoms. The van der Waals surface area contributed by atoms with Gasteiger partial charge in [-0.2, -0.15) is 0 Å². The minimum Gasteiger partial charge on any atom is -0.843 e. The molecule has 0 fully saturated rings. The standard InChI is InChI=1S/C15H14O3.C8H11N/c1-17-13-7-3-11(4-8-13)15(16)12-5-9-14(18-2)10-6-12;1-9(2)8-6-4-3-5-7-8/h3-10H,1-2H3;3-7H,1-2H3/q-1;+1. The van der Waals surface area contributed by atoms with Crippen molar-refractivity contribution in [3.05, 3.63) is 96.1 Å². The lowest BCUT2D eigenvalue weighted by atomic mass is 10.0. The summed E-state index contributed by atoms with van der Waals surface area (Å²) in [5.74, 6) is 1.47. The Morgan fingerprint density at radius 3 is 1.37 bits per heavy atom. The first-order valence-electron chi connectivity index (χ1n) is 8.60. The number of benzene rings is 3. The third-order valence-corrected chi connectivity index (χ3v) is 3.98. The van der Waals surface area contributed by atoms with Crippen LogP contribution in [0.5, 0.6) is 11.5 Å². The Morgan fingerprint density at radius 1 is 0.667 bits per heavy atom. The molecule has 2 radical (unpaired) electrons. The summed E-state index contributed by atoms with van der Waals surface area (Å²) in [7, 11) is 7.27. The summed E-state index contributed by atoms with van der Waals surface area (Å²) >= 11 is 0. The highest BCUT2D eigenvalue weighted by molar-refractivity contribution is 5.44. The number of hydrogen-bond acceptors (Lipinski definition) is 4. The van der Waals surface area contributed by atoms with Crippen LogP contribution in [0.3, 0.4) is 0 Å². The Labute approximate surface area is 161 Å². The van der Waals surface area contributed by atoms with Gasteiger partial charge in [-0.05, 0) is 24.3 Å². The van der Waals surface area contributed by atoms with Crippen molar-refractivity contribution in [3.63, 3.8) is 0 Å². The highest BCUT2D eigenvalue weighted by Gasteiger charge is 2.03. The Bertz CT molecular complexity index is 737. The van der Waals surface area contributed by atoms with E-state index in [0.29, 0.717) is 11.1 Å². The molecule has 0 unspecified atom stereocenters. The predicted octanol–water partition coefficient (Wildman–Crippen LogP) is 3.71. The molecule has 0 amide bonds. The second-order valence-electron chi connectivity index (χ2n) is 6.02. The number of ether oxygens (including phenoxy) is 2. The van der Waals surface area contributed by atoms with E-state index < -0.39 is 0 Å². The van der Waals surface area contributed by atoms with E-state index >= 15 is 0 Å². The molecule has 27 heavy (non-hydrogen) atoms. The van der Waals surface area contributed by atoms with Crippen molar-refractivity contribution in [2.45, 2.75) is 0 Å². The van der Waals surface area contributed by atoms with Crippen LogP contribution in [-0.4, -0.2) is 28.3 Å². The molecule has 3 aromatic carbocycles. The molecule has 3 rings (SSSR count). The van der Waals surface area contributed by atoms with E-state index in [4.69, 9.17) is 9.47 Å². The Morgan fingerprint density at radius 2 is 1.07 bits per heavy atom. The summed E-state index contributed by atoms with van der Waals surface area (Å²) in [5.41, 5.74) is 2.53. The van der Waals surface area contributed by atoms with Crippen molar-refractivity contribution in [1.29, 1.82) is 0 Å². The Kier molecular flexibility index (Phi) is 7.86. The van der Waals surface area contributed by atoms with Crippen LogP contribution in [0.2, 0.25) is 0 Å². The lowest BCUT2D eigenvalue weighted by Gasteiger charge is -2.23. The van der Waals surface area contributed by atoms with Crippen molar-refractivity contribution in [3.8, 4) is 11.5 Å². The van der Waals surface area contributed by atoms with Gasteiger partial charge in [-0.3, -0.25) is 0 Å². The molecule has 140 valence electrons. The number of para-hydroxylation sites is 1. The highest BCUT2D eigenvalue weighted by Crippen LogP contribution is 2.22. The number of methoxy groups -OCH3 is 2. The van der Waals surface area contributed by atoms with Crippen LogP contribution in [-0.2, 0) is 0 Å². The summed E-state index contributed by atoms with van der Waals surface area (Å²) in [6.45, 7) is 0. The zero-order chi connectivity index (χ0) is 19.6. The summed E-state index contributed by atoms with van der Waals surface area (Å²) in [4.78, 5) is 2.08. The number of anilines is 1. The first-order valence-corrected chi connectivity index (χ1v) is 8.60. The molecule has 0 aliphatic carbocycles. The zero-order valence-corrected chi connectivity index (χ0v) is 16.2. The minimum absolute atomic E-state index is 0.0136. The molecule has 3 aromatic rings. The van der Waals surface area contributed by atoms with E-state index in [1.54, 1.807) is 62.8 Å². The molecule has 0 aliphatic heterocycles. The van der Waals surface area contributed by atoms with E-state index in [1.807, 2.05) is 32.3 Å². The van der Waals surface area contributed by atoms with Gasteiger partial charge in [-0.25, -0.2) is 0 Å². The number of rotatable bonds is 5. The fourth-order valence-electron chi connectivity index (χ4n) is 2.38. The molecule has 0 bridgehead atoms. The van der Waals surface area contributed by atoms with E-state index in [1.165, 1.54) is 5.69 Å². The van der Waals surface area contributed by atoms with Crippen LogP contribution in [0.25, 0.3) is 0 Å². The molecule has 0 heterocycles. The molecular formula is C23H25NO3. The average molecular weight is 363 g/mol. The summed E-state index contributed by atoms with van der Waals surface area (Å²) in [6.07, 6.45) is -0.0136. The van der Waals surface area contributed by atoms with Crippen molar-refractivity contribution >= 4 is 5.69 Å². The number of hydrogen-bond donors (Lipinski definition) is 0. The molecule has 4 heteroatoms. The minimum atomic E-state index is -0.0136. The first kappa shape index (κ1) is 20.5. The van der Waals surface area contributed by atoms with Crippen LogP contribution in [0.1, 0.15) is 11.1 Å². The second kappa shape index (κ2) is 10.4. The van der Waals surface area contributed by atoms with Gasteiger partial charge in [0, 0.05) is 12.1 Å². The van der Waals surface area contributed by atoms with Gasteiger partial charge in [0.15, 0.2) is 5.69 Å². The van der Waals surface area contributed by atoms with Gasteiger partial charge in [-0.15, -0.1) is 4.90 Å². The smallest absolute Gasteiger partial charge is 0.180 e. The van der Waals surface area contributed by atoms with Gasteiger partial charge >= 0.3 is 0 Å². The van der Waals surface area contributed by atoms with Crippen molar-refractivity contribution in [2.75, 3.05) is 28.3 Å². The van der Waals surface area contributed by atoms with Gasteiger partial charge in [0.05, 0.1) is 14.2 Å². The predicted molar refractivity (Wildman–Crippen MR) is 108 cm³/mol. The zero-order valence-electron chi connectivity index (χ0n) is 16.2. The number of nitrogens with zero attached hydrogens (tertiary/aromatic N) is 1. The summed E-state index contributed by atoms with van der Waals surface area (Å²) < 4.78 is 10.1. The van der Waals surface area contributed by atoms with E-state index in [0.717, 1.165) is 11.5 Å². The average Bonchev–Trinajstić information content (AvgIpc) is 2.74. The van der Waals surface area contributed by atoms with Gasteiger partial charge < -0.3 is 14.6 Å². The highest BCUT2D eigenvalue weighted by atomic mass is 16.5. The van der Waals surface area contributed by atoms with Gasteiger partial charge in [0.1, 0.15) is 25.6 Å². The maximum absolute atomic E-state index is 12.2. The first-order chi connectivity index (χ1) is 13.0. The monoisotopic (exact) mass is 363 g/mol. The maximum Gasteiger partial charge on any atom is 0.180 e. The van der Waals surface area contributed by atoms with Crippen molar-refractivity contribution < 1.29 is 14.6 Å². The summed E-state index contributed by atoms with van der Waals surface area (Å²) in [6, 6.07) is 24.4. The van der Waals surface area contributed by atoms with Gasteiger partial charge in [0.25, 0.3) is 0 Å². The van der Waals surface area contributed by atoms with Gasteiger partial charge in [0.2, 0.25) is 0 Å². The molecule has 0 N–H and O–H groups in total. The van der Waals surface area contributed by atoms with Crippen LogP contribution in [0.15, 0.2) is 78.9 Å². The largest absolute Gasteiger partial charge is 0.843 e.